The Hall–Kier alpha value is -0.610. The van der Waals surface area contributed by atoms with Gasteiger partial charge < -0.3 is 10.4 Å². The molecule has 0 radical (unpaired) electrons. The molecule has 0 saturated carbocycles. The van der Waals surface area contributed by atoms with E-state index in [4.69, 9.17) is 5.11 Å². The van der Waals surface area contributed by atoms with Crippen LogP contribution >= 0.6 is 0 Å². The van der Waals surface area contributed by atoms with Crippen LogP contribution in [0.25, 0.3) is 0 Å². The van der Waals surface area contributed by atoms with Gasteiger partial charge >= 0.3 is 5.97 Å². The molecule has 0 spiro atoms. The maximum Gasteiger partial charge on any atom is 0.305 e. The molecule has 0 aromatic heterocycles. The van der Waals surface area contributed by atoms with Gasteiger partial charge in [-0.3, -0.25) is 9.69 Å². The van der Waals surface area contributed by atoms with Crippen LogP contribution in [0.4, 0.5) is 0 Å². The maximum atomic E-state index is 10.9. The molecule has 0 aromatic rings. The lowest BCUT2D eigenvalue weighted by atomic mass is 9.83. The van der Waals surface area contributed by atoms with Crippen LogP contribution in [0.3, 0.4) is 0 Å². The topological polar surface area (TPSA) is 52.6 Å². The minimum Gasteiger partial charge on any atom is -0.481 e. The van der Waals surface area contributed by atoms with Crippen LogP contribution in [0.2, 0.25) is 0 Å². The zero-order valence-electron chi connectivity index (χ0n) is 10.0. The maximum absolute atomic E-state index is 10.9. The van der Waals surface area contributed by atoms with E-state index < -0.39 is 5.97 Å². The number of hydrogen-bond acceptors (Lipinski definition) is 3. The molecule has 0 bridgehead atoms. The number of rotatable bonds is 4. The average Bonchev–Trinajstić information content (AvgIpc) is 2.23. The first-order valence-electron chi connectivity index (χ1n) is 6.34. The molecule has 2 fully saturated rings. The SMILES string of the molecule is CCC1CCN(C2(CC(=O)O)CNC2)CC1. The number of piperidine rings is 1. The Morgan fingerprint density at radius 3 is 2.44 bits per heavy atom. The Morgan fingerprint density at radius 1 is 1.44 bits per heavy atom. The number of nitrogens with one attached hydrogen (secondary N) is 1. The van der Waals surface area contributed by atoms with E-state index in [1.54, 1.807) is 0 Å². The number of carboxylic acids is 1. The van der Waals surface area contributed by atoms with Crippen molar-refractivity contribution in [3.8, 4) is 0 Å². The van der Waals surface area contributed by atoms with Crippen LogP contribution in [0, 0.1) is 5.92 Å². The highest BCUT2D eigenvalue weighted by Gasteiger charge is 2.44. The van der Waals surface area contributed by atoms with E-state index in [1.807, 2.05) is 0 Å². The summed E-state index contributed by atoms with van der Waals surface area (Å²) in [5, 5.41) is 12.2. The highest BCUT2D eigenvalue weighted by atomic mass is 16.4. The van der Waals surface area contributed by atoms with Crippen molar-refractivity contribution in [3.63, 3.8) is 0 Å². The van der Waals surface area contributed by atoms with Crippen LogP contribution in [0.15, 0.2) is 0 Å². The summed E-state index contributed by atoms with van der Waals surface area (Å²) >= 11 is 0. The summed E-state index contributed by atoms with van der Waals surface area (Å²) in [5.74, 6) is 0.185. The summed E-state index contributed by atoms with van der Waals surface area (Å²) in [4.78, 5) is 13.3. The van der Waals surface area contributed by atoms with Gasteiger partial charge in [-0.15, -0.1) is 0 Å². The predicted molar refractivity (Wildman–Crippen MR) is 62.4 cm³/mol. The van der Waals surface area contributed by atoms with E-state index in [9.17, 15) is 4.79 Å². The first-order valence-corrected chi connectivity index (χ1v) is 6.34. The van der Waals surface area contributed by atoms with E-state index in [0.717, 1.165) is 32.1 Å². The van der Waals surface area contributed by atoms with Gasteiger partial charge in [0.2, 0.25) is 0 Å². The summed E-state index contributed by atoms with van der Waals surface area (Å²) in [6, 6.07) is 0. The number of nitrogens with zero attached hydrogens (tertiary/aromatic N) is 1. The lowest BCUT2D eigenvalue weighted by molar-refractivity contribution is -0.142. The molecule has 2 aliphatic rings. The normalized spacial score (nSPS) is 26.3. The van der Waals surface area contributed by atoms with Crippen molar-refractivity contribution in [2.75, 3.05) is 26.2 Å². The van der Waals surface area contributed by atoms with Gasteiger partial charge in [-0.25, -0.2) is 0 Å². The molecule has 0 unspecified atom stereocenters. The molecule has 92 valence electrons. The van der Waals surface area contributed by atoms with Crippen molar-refractivity contribution in [2.45, 2.75) is 38.1 Å². The second-order valence-corrected chi connectivity index (χ2v) is 5.24. The summed E-state index contributed by atoms with van der Waals surface area (Å²) in [7, 11) is 0. The van der Waals surface area contributed by atoms with Crippen molar-refractivity contribution >= 4 is 5.97 Å². The molecule has 2 heterocycles. The Morgan fingerprint density at radius 2 is 2.06 bits per heavy atom. The molecule has 2 rings (SSSR count). The fourth-order valence-electron chi connectivity index (χ4n) is 2.97. The van der Waals surface area contributed by atoms with E-state index in [1.165, 1.54) is 19.3 Å². The Labute approximate surface area is 97.0 Å². The monoisotopic (exact) mass is 226 g/mol. The lowest BCUT2D eigenvalue weighted by Crippen LogP contribution is -2.70. The molecule has 16 heavy (non-hydrogen) atoms. The summed E-state index contributed by atoms with van der Waals surface area (Å²) in [6.07, 6.45) is 4.02. The molecule has 0 aromatic carbocycles. The molecular weight excluding hydrogens is 204 g/mol. The average molecular weight is 226 g/mol. The molecule has 0 amide bonds. The first kappa shape index (κ1) is 11.9. The van der Waals surface area contributed by atoms with Gasteiger partial charge in [0.05, 0.1) is 12.0 Å². The predicted octanol–water partition coefficient (Wildman–Crippen LogP) is 0.925. The summed E-state index contributed by atoms with van der Waals surface area (Å²) < 4.78 is 0. The third kappa shape index (κ3) is 2.23. The Balaban J connectivity index is 1.93. The minimum atomic E-state index is -0.667. The first-order chi connectivity index (χ1) is 7.66. The van der Waals surface area contributed by atoms with E-state index >= 15 is 0 Å². The molecule has 4 nitrogen and oxygen atoms in total. The highest BCUT2D eigenvalue weighted by molar-refractivity contribution is 5.68. The lowest BCUT2D eigenvalue weighted by Gasteiger charge is -2.52. The summed E-state index contributed by atoms with van der Waals surface area (Å²) in [5.41, 5.74) is -0.0788. The fourth-order valence-corrected chi connectivity index (χ4v) is 2.97. The number of carboxylic acid groups (broad SMARTS) is 1. The van der Waals surface area contributed by atoms with Gasteiger partial charge in [-0.1, -0.05) is 13.3 Å². The smallest absolute Gasteiger partial charge is 0.305 e. The molecule has 0 aliphatic carbocycles. The molecule has 2 N–H and O–H groups in total. The Kier molecular flexibility index (Phi) is 3.50. The van der Waals surface area contributed by atoms with Crippen LogP contribution in [0.1, 0.15) is 32.6 Å². The fraction of sp³-hybridized carbons (Fsp3) is 0.917. The van der Waals surface area contributed by atoms with Crippen molar-refractivity contribution < 1.29 is 9.90 Å². The van der Waals surface area contributed by atoms with Gasteiger partial charge in [-0.05, 0) is 31.8 Å². The second kappa shape index (κ2) is 4.72. The molecule has 2 aliphatic heterocycles. The van der Waals surface area contributed by atoms with E-state index in [2.05, 4.69) is 17.1 Å². The Bertz CT molecular complexity index is 256. The quantitative estimate of drug-likeness (QED) is 0.748. The van der Waals surface area contributed by atoms with Crippen LogP contribution < -0.4 is 5.32 Å². The molecule has 2 saturated heterocycles. The number of hydrogen-bond donors (Lipinski definition) is 2. The van der Waals surface area contributed by atoms with Crippen LogP contribution in [-0.4, -0.2) is 47.7 Å². The molecular formula is C12H22N2O2. The molecule has 0 atom stereocenters. The number of carbonyl (C=O) groups is 1. The van der Waals surface area contributed by atoms with Crippen molar-refractivity contribution in [2.24, 2.45) is 5.92 Å². The molecule has 4 heteroatoms. The zero-order chi connectivity index (χ0) is 11.6. The standard InChI is InChI=1S/C12H22N2O2/c1-2-10-3-5-14(6-4-10)12(7-11(15)16)8-13-9-12/h10,13H,2-9H2,1H3,(H,15,16). The van der Waals surface area contributed by atoms with E-state index in [-0.39, 0.29) is 12.0 Å². The number of aliphatic carboxylic acids is 1. The third-order valence-electron chi connectivity index (χ3n) is 4.25. The second-order valence-electron chi connectivity index (χ2n) is 5.24. The third-order valence-corrected chi connectivity index (χ3v) is 4.25. The van der Waals surface area contributed by atoms with Crippen molar-refractivity contribution in [1.29, 1.82) is 0 Å². The number of likely N-dealkylation sites (tertiary alicyclic amines) is 1. The van der Waals surface area contributed by atoms with E-state index in [0.29, 0.717) is 0 Å². The van der Waals surface area contributed by atoms with Gasteiger partial charge in [-0.2, -0.15) is 0 Å². The highest BCUT2D eigenvalue weighted by Crippen LogP contribution is 2.30. The van der Waals surface area contributed by atoms with Crippen LogP contribution in [0.5, 0.6) is 0 Å². The minimum absolute atomic E-state index is 0.0788. The van der Waals surface area contributed by atoms with Crippen molar-refractivity contribution in [1.82, 2.24) is 10.2 Å². The van der Waals surface area contributed by atoms with Crippen LogP contribution in [-0.2, 0) is 4.79 Å². The summed E-state index contributed by atoms with van der Waals surface area (Å²) in [6.45, 7) is 6.09. The van der Waals surface area contributed by atoms with Crippen molar-refractivity contribution in [3.05, 3.63) is 0 Å². The largest absolute Gasteiger partial charge is 0.481 e. The van der Waals surface area contributed by atoms with Gasteiger partial charge in [0.1, 0.15) is 0 Å². The van der Waals surface area contributed by atoms with Gasteiger partial charge in [0, 0.05) is 13.1 Å². The van der Waals surface area contributed by atoms with Gasteiger partial charge in [0.25, 0.3) is 0 Å². The zero-order valence-corrected chi connectivity index (χ0v) is 10.0. The van der Waals surface area contributed by atoms with Gasteiger partial charge in [0.15, 0.2) is 0 Å².